The zero-order chi connectivity index (χ0) is 11.1. The summed E-state index contributed by atoms with van der Waals surface area (Å²) in [5, 5.41) is 0. The van der Waals surface area contributed by atoms with Crippen LogP contribution >= 0.6 is 0 Å². The maximum Gasteiger partial charge on any atom is 0.198 e. The Morgan fingerprint density at radius 1 is 1.31 bits per heavy atom. The van der Waals surface area contributed by atoms with E-state index in [2.05, 4.69) is 19.9 Å². The molecule has 5 heteroatoms. The number of benzene rings is 1. The van der Waals surface area contributed by atoms with E-state index >= 15 is 0 Å². The van der Waals surface area contributed by atoms with Gasteiger partial charge in [0, 0.05) is 11.3 Å². The number of nitrogens with one attached hydrogen (secondary N) is 2. The Morgan fingerprint density at radius 3 is 2.94 bits per heavy atom. The van der Waals surface area contributed by atoms with Gasteiger partial charge in [0.2, 0.25) is 0 Å². The van der Waals surface area contributed by atoms with Crippen molar-refractivity contribution in [1.29, 1.82) is 0 Å². The first-order valence-electron chi connectivity index (χ1n) is 4.99. The summed E-state index contributed by atoms with van der Waals surface area (Å²) < 4.78 is 0. The Morgan fingerprint density at radius 2 is 2.19 bits per heavy atom. The zero-order valence-electron chi connectivity index (χ0n) is 8.78. The van der Waals surface area contributed by atoms with E-state index in [1.54, 1.807) is 6.33 Å². The SMILES string of the molecule is Cc1[nH]c(N)nc1-c1ccc2nc[nH]c2c1. The van der Waals surface area contributed by atoms with Crippen molar-refractivity contribution in [2.24, 2.45) is 0 Å². The molecule has 3 rings (SSSR count). The van der Waals surface area contributed by atoms with Crippen molar-refractivity contribution < 1.29 is 0 Å². The van der Waals surface area contributed by atoms with Crippen LogP contribution in [0.3, 0.4) is 0 Å². The van der Waals surface area contributed by atoms with Gasteiger partial charge in [0.15, 0.2) is 5.95 Å². The van der Waals surface area contributed by atoms with E-state index < -0.39 is 0 Å². The largest absolute Gasteiger partial charge is 0.369 e. The van der Waals surface area contributed by atoms with Gasteiger partial charge < -0.3 is 15.7 Å². The molecule has 2 heterocycles. The molecule has 0 atom stereocenters. The first-order chi connectivity index (χ1) is 7.74. The number of aromatic nitrogens is 4. The van der Waals surface area contributed by atoms with Gasteiger partial charge in [-0.1, -0.05) is 6.07 Å². The van der Waals surface area contributed by atoms with E-state index in [4.69, 9.17) is 5.73 Å². The van der Waals surface area contributed by atoms with Crippen molar-refractivity contribution in [2.45, 2.75) is 6.92 Å². The Balaban J connectivity index is 2.21. The molecule has 0 bridgehead atoms. The first kappa shape index (κ1) is 8.96. The molecule has 3 aromatic rings. The van der Waals surface area contributed by atoms with Crippen LogP contribution in [0.15, 0.2) is 24.5 Å². The number of nitrogen functional groups attached to an aromatic ring is 1. The number of H-pyrrole nitrogens is 2. The highest BCUT2D eigenvalue weighted by atomic mass is 15.0. The van der Waals surface area contributed by atoms with Crippen LogP contribution in [0.25, 0.3) is 22.3 Å². The Kier molecular flexibility index (Phi) is 1.73. The maximum atomic E-state index is 5.62. The molecule has 1 aromatic carbocycles. The lowest BCUT2D eigenvalue weighted by Crippen LogP contribution is -1.85. The summed E-state index contributed by atoms with van der Waals surface area (Å²) in [7, 11) is 0. The molecular weight excluding hydrogens is 202 g/mol. The second-order valence-electron chi connectivity index (χ2n) is 3.73. The molecule has 0 aliphatic carbocycles. The molecule has 0 saturated carbocycles. The van der Waals surface area contributed by atoms with Crippen LogP contribution in [0.2, 0.25) is 0 Å². The van der Waals surface area contributed by atoms with E-state index in [-0.39, 0.29) is 0 Å². The number of fused-ring (bicyclic) bond motifs is 1. The van der Waals surface area contributed by atoms with Crippen LogP contribution in [0.1, 0.15) is 5.69 Å². The minimum Gasteiger partial charge on any atom is -0.369 e. The third-order valence-corrected chi connectivity index (χ3v) is 2.60. The summed E-state index contributed by atoms with van der Waals surface area (Å²) in [6, 6.07) is 5.97. The maximum absolute atomic E-state index is 5.62. The fourth-order valence-electron chi connectivity index (χ4n) is 1.85. The van der Waals surface area contributed by atoms with Gasteiger partial charge in [-0.25, -0.2) is 9.97 Å². The van der Waals surface area contributed by atoms with E-state index in [1.165, 1.54) is 0 Å². The van der Waals surface area contributed by atoms with E-state index in [0.29, 0.717) is 5.95 Å². The van der Waals surface area contributed by atoms with Crippen molar-refractivity contribution in [2.75, 3.05) is 5.73 Å². The molecular formula is C11H11N5. The van der Waals surface area contributed by atoms with Crippen molar-refractivity contribution in [3.8, 4) is 11.3 Å². The topological polar surface area (TPSA) is 83.4 Å². The minimum absolute atomic E-state index is 0.442. The molecule has 2 aromatic heterocycles. The number of hydrogen-bond donors (Lipinski definition) is 3. The lowest BCUT2D eigenvalue weighted by Gasteiger charge is -1.98. The van der Waals surface area contributed by atoms with E-state index in [0.717, 1.165) is 28.0 Å². The molecule has 80 valence electrons. The first-order valence-corrected chi connectivity index (χ1v) is 4.99. The lowest BCUT2D eigenvalue weighted by molar-refractivity contribution is 1.26. The average molecular weight is 213 g/mol. The van der Waals surface area contributed by atoms with E-state index in [1.807, 2.05) is 25.1 Å². The number of rotatable bonds is 1. The molecule has 0 amide bonds. The van der Waals surface area contributed by atoms with Gasteiger partial charge in [-0.15, -0.1) is 0 Å². The summed E-state index contributed by atoms with van der Waals surface area (Å²) in [5.41, 5.74) is 10.5. The zero-order valence-corrected chi connectivity index (χ0v) is 8.78. The summed E-state index contributed by atoms with van der Waals surface area (Å²) in [6.07, 6.45) is 1.68. The molecule has 0 aliphatic heterocycles. The molecule has 16 heavy (non-hydrogen) atoms. The minimum atomic E-state index is 0.442. The second-order valence-corrected chi connectivity index (χ2v) is 3.73. The summed E-state index contributed by atoms with van der Waals surface area (Å²) in [5.74, 6) is 0.442. The molecule has 0 fully saturated rings. The third-order valence-electron chi connectivity index (χ3n) is 2.60. The second kappa shape index (κ2) is 3.10. The predicted octanol–water partition coefficient (Wildman–Crippen LogP) is 1.84. The molecule has 0 spiro atoms. The molecule has 4 N–H and O–H groups in total. The highest BCUT2D eigenvalue weighted by Gasteiger charge is 2.08. The summed E-state index contributed by atoms with van der Waals surface area (Å²) >= 11 is 0. The standard InChI is InChI=1S/C11H11N5/c1-6-10(16-11(12)15-6)7-2-3-8-9(4-7)14-5-13-8/h2-5H,1H3,(H,13,14)(H3,12,15,16). The molecule has 5 nitrogen and oxygen atoms in total. The van der Waals surface area contributed by atoms with Gasteiger partial charge in [0.25, 0.3) is 0 Å². The fourth-order valence-corrected chi connectivity index (χ4v) is 1.85. The van der Waals surface area contributed by atoms with Gasteiger partial charge in [0.1, 0.15) is 0 Å². The Bertz CT molecular complexity index is 649. The molecule has 0 aliphatic rings. The van der Waals surface area contributed by atoms with Crippen LogP contribution in [-0.2, 0) is 0 Å². The van der Waals surface area contributed by atoms with Gasteiger partial charge in [0.05, 0.1) is 23.1 Å². The van der Waals surface area contributed by atoms with Crippen molar-refractivity contribution >= 4 is 17.0 Å². The van der Waals surface area contributed by atoms with Gasteiger partial charge in [-0.3, -0.25) is 0 Å². The monoisotopic (exact) mass is 213 g/mol. The van der Waals surface area contributed by atoms with Gasteiger partial charge in [-0.2, -0.15) is 0 Å². The number of hydrogen-bond acceptors (Lipinski definition) is 3. The van der Waals surface area contributed by atoms with Crippen LogP contribution in [0.5, 0.6) is 0 Å². The summed E-state index contributed by atoms with van der Waals surface area (Å²) in [6.45, 7) is 1.95. The molecule has 0 saturated heterocycles. The number of aromatic amines is 2. The highest BCUT2D eigenvalue weighted by molar-refractivity contribution is 5.81. The molecule has 0 unspecified atom stereocenters. The number of nitrogens with two attached hydrogens (primary N) is 1. The van der Waals surface area contributed by atoms with Crippen LogP contribution in [-0.4, -0.2) is 19.9 Å². The van der Waals surface area contributed by atoms with Crippen molar-refractivity contribution in [3.05, 3.63) is 30.2 Å². The van der Waals surface area contributed by atoms with Gasteiger partial charge >= 0.3 is 0 Å². The quantitative estimate of drug-likeness (QED) is 0.576. The predicted molar refractivity (Wildman–Crippen MR) is 62.8 cm³/mol. The normalized spacial score (nSPS) is 11.1. The number of imidazole rings is 2. The van der Waals surface area contributed by atoms with Crippen LogP contribution in [0, 0.1) is 6.92 Å². The number of anilines is 1. The highest BCUT2D eigenvalue weighted by Crippen LogP contribution is 2.24. The Labute approximate surface area is 91.7 Å². The van der Waals surface area contributed by atoms with Crippen LogP contribution in [0.4, 0.5) is 5.95 Å². The molecule has 0 radical (unpaired) electrons. The van der Waals surface area contributed by atoms with Gasteiger partial charge in [-0.05, 0) is 19.1 Å². The summed E-state index contributed by atoms with van der Waals surface area (Å²) in [4.78, 5) is 14.5. The third kappa shape index (κ3) is 1.25. The lowest BCUT2D eigenvalue weighted by atomic mass is 10.1. The fraction of sp³-hybridized carbons (Fsp3) is 0.0909. The number of aryl methyl sites for hydroxylation is 1. The van der Waals surface area contributed by atoms with Crippen LogP contribution < -0.4 is 5.73 Å². The van der Waals surface area contributed by atoms with Crippen molar-refractivity contribution in [3.63, 3.8) is 0 Å². The Hall–Kier alpha value is -2.30. The number of nitrogens with zero attached hydrogens (tertiary/aromatic N) is 2. The van der Waals surface area contributed by atoms with E-state index in [9.17, 15) is 0 Å². The smallest absolute Gasteiger partial charge is 0.198 e. The average Bonchev–Trinajstić information content (AvgIpc) is 2.83. The van der Waals surface area contributed by atoms with Crippen molar-refractivity contribution in [1.82, 2.24) is 19.9 Å².